The summed E-state index contributed by atoms with van der Waals surface area (Å²) in [6.45, 7) is 1.23. The summed E-state index contributed by atoms with van der Waals surface area (Å²) in [6, 6.07) is 14.8. The molecule has 5 rings (SSSR count). The number of carbonyl (C=O) groups excluding carboxylic acids is 1. The van der Waals surface area contributed by atoms with E-state index in [0.717, 1.165) is 16.9 Å². The van der Waals surface area contributed by atoms with Crippen LogP contribution in [0.15, 0.2) is 60.9 Å². The molecule has 7 nitrogen and oxygen atoms in total. The lowest BCUT2D eigenvalue weighted by atomic mass is 10.1. The summed E-state index contributed by atoms with van der Waals surface area (Å²) in [4.78, 5) is 19.3. The van der Waals surface area contributed by atoms with Crippen LogP contribution in [0, 0.1) is 0 Å². The fourth-order valence-electron chi connectivity index (χ4n) is 3.38. The van der Waals surface area contributed by atoms with E-state index in [9.17, 15) is 4.79 Å². The molecule has 0 radical (unpaired) electrons. The molecule has 0 unspecified atom stereocenters. The number of carbonyl (C=O) groups is 1. The molecule has 7 heteroatoms. The Balaban J connectivity index is 1.44. The molecule has 0 atom stereocenters. The smallest absolute Gasteiger partial charge is 0.254 e. The largest absolute Gasteiger partial charge is 0.454 e. The zero-order valence-electron chi connectivity index (χ0n) is 15.5. The molecular weight excluding hydrogens is 372 g/mol. The highest BCUT2D eigenvalue weighted by Crippen LogP contribution is 2.34. The molecule has 1 aromatic heterocycles. The SMILES string of the molecule is O=C(c1ccc2c(c1)OCO2)N(Cc1cccnc1)Cc1ccc2c(c1)OCO2. The first-order valence-corrected chi connectivity index (χ1v) is 9.22. The zero-order valence-corrected chi connectivity index (χ0v) is 15.5. The van der Waals surface area contributed by atoms with Crippen molar-refractivity contribution in [3.8, 4) is 23.0 Å². The van der Waals surface area contributed by atoms with Crippen molar-refractivity contribution < 1.29 is 23.7 Å². The molecule has 0 bridgehead atoms. The van der Waals surface area contributed by atoms with Crippen LogP contribution < -0.4 is 18.9 Å². The number of fused-ring (bicyclic) bond motifs is 2. The van der Waals surface area contributed by atoms with Gasteiger partial charge in [0.25, 0.3) is 5.91 Å². The number of rotatable bonds is 5. The number of hydrogen-bond donors (Lipinski definition) is 0. The second-order valence-electron chi connectivity index (χ2n) is 6.78. The monoisotopic (exact) mass is 390 g/mol. The summed E-state index contributed by atoms with van der Waals surface area (Å²) in [5, 5.41) is 0. The van der Waals surface area contributed by atoms with Crippen LogP contribution in [0.3, 0.4) is 0 Å². The summed E-state index contributed by atoms with van der Waals surface area (Å²) in [7, 11) is 0. The van der Waals surface area contributed by atoms with E-state index < -0.39 is 0 Å². The van der Waals surface area contributed by atoms with E-state index in [2.05, 4.69) is 4.98 Å². The fraction of sp³-hybridized carbons (Fsp3) is 0.182. The first-order chi connectivity index (χ1) is 14.3. The van der Waals surface area contributed by atoms with Crippen LogP contribution >= 0.6 is 0 Å². The minimum Gasteiger partial charge on any atom is -0.454 e. The number of ether oxygens (including phenoxy) is 4. The second-order valence-corrected chi connectivity index (χ2v) is 6.78. The number of benzene rings is 2. The molecule has 29 heavy (non-hydrogen) atoms. The summed E-state index contributed by atoms with van der Waals surface area (Å²) in [5.74, 6) is 2.54. The van der Waals surface area contributed by atoms with Crippen molar-refractivity contribution in [1.29, 1.82) is 0 Å². The molecule has 0 spiro atoms. The lowest BCUT2D eigenvalue weighted by molar-refractivity contribution is 0.0729. The van der Waals surface area contributed by atoms with Crippen molar-refractivity contribution in [2.75, 3.05) is 13.6 Å². The lowest BCUT2D eigenvalue weighted by Gasteiger charge is -2.23. The summed E-state index contributed by atoms with van der Waals surface area (Å²) >= 11 is 0. The Morgan fingerprint density at radius 2 is 1.52 bits per heavy atom. The van der Waals surface area contributed by atoms with Gasteiger partial charge in [-0.3, -0.25) is 9.78 Å². The van der Waals surface area contributed by atoms with Gasteiger partial charge in [-0.25, -0.2) is 0 Å². The quantitative estimate of drug-likeness (QED) is 0.665. The van der Waals surface area contributed by atoms with E-state index in [1.165, 1.54) is 0 Å². The lowest BCUT2D eigenvalue weighted by Crippen LogP contribution is -2.30. The molecule has 2 aliphatic rings. The zero-order chi connectivity index (χ0) is 19.6. The highest BCUT2D eigenvalue weighted by Gasteiger charge is 2.22. The predicted octanol–water partition coefficient (Wildman–Crippen LogP) is 3.38. The summed E-state index contributed by atoms with van der Waals surface area (Å²) < 4.78 is 21.6. The van der Waals surface area contributed by atoms with Gasteiger partial charge in [0.2, 0.25) is 13.6 Å². The van der Waals surface area contributed by atoms with Gasteiger partial charge in [0, 0.05) is 31.0 Å². The molecule has 3 aromatic rings. The van der Waals surface area contributed by atoms with Crippen LogP contribution in [0.1, 0.15) is 21.5 Å². The van der Waals surface area contributed by atoms with E-state index in [0.29, 0.717) is 35.9 Å². The van der Waals surface area contributed by atoms with Crippen molar-refractivity contribution in [2.24, 2.45) is 0 Å². The van der Waals surface area contributed by atoms with Gasteiger partial charge in [0.05, 0.1) is 0 Å². The van der Waals surface area contributed by atoms with Gasteiger partial charge in [-0.2, -0.15) is 0 Å². The van der Waals surface area contributed by atoms with E-state index >= 15 is 0 Å². The molecule has 0 N–H and O–H groups in total. The Bertz CT molecular complexity index is 1050. The molecule has 2 aromatic carbocycles. The maximum atomic E-state index is 13.3. The topological polar surface area (TPSA) is 70.1 Å². The Labute approximate surface area is 167 Å². The van der Waals surface area contributed by atoms with Crippen LogP contribution in [-0.4, -0.2) is 29.4 Å². The minimum absolute atomic E-state index is 0.107. The Kier molecular flexibility index (Phi) is 4.40. The normalized spacial score (nSPS) is 13.4. The van der Waals surface area contributed by atoms with Crippen LogP contribution in [0.2, 0.25) is 0 Å². The van der Waals surface area contributed by atoms with Gasteiger partial charge in [-0.1, -0.05) is 12.1 Å². The third kappa shape index (κ3) is 3.54. The Hall–Kier alpha value is -3.74. The molecule has 2 aliphatic heterocycles. The number of hydrogen-bond acceptors (Lipinski definition) is 6. The Morgan fingerprint density at radius 3 is 2.28 bits per heavy atom. The third-order valence-electron chi connectivity index (χ3n) is 4.81. The van der Waals surface area contributed by atoms with Gasteiger partial charge in [-0.15, -0.1) is 0 Å². The molecule has 0 saturated heterocycles. The number of aromatic nitrogens is 1. The maximum absolute atomic E-state index is 13.3. The predicted molar refractivity (Wildman–Crippen MR) is 103 cm³/mol. The van der Waals surface area contributed by atoms with Gasteiger partial charge in [0.1, 0.15) is 0 Å². The van der Waals surface area contributed by atoms with E-state index in [-0.39, 0.29) is 19.5 Å². The molecule has 0 saturated carbocycles. The number of pyridine rings is 1. The van der Waals surface area contributed by atoms with Crippen molar-refractivity contribution in [2.45, 2.75) is 13.1 Å². The van der Waals surface area contributed by atoms with E-state index in [1.54, 1.807) is 35.5 Å². The maximum Gasteiger partial charge on any atom is 0.254 e. The van der Waals surface area contributed by atoms with Gasteiger partial charge in [0.15, 0.2) is 23.0 Å². The van der Waals surface area contributed by atoms with Gasteiger partial charge in [-0.05, 0) is 47.5 Å². The van der Waals surface area contributed by atoms with Crippen molar-refractivity contribution in [3.05, 3.63) is 77.6 Å². The fourth-order valence-corrected chi connectivity index (χ4v) is 3.38. The molecular formula is C22H18N2O5. The highest BCUT2D eigenvalue weighted by atomic mass is 16.7. The van der Waals surface area contributed by atoms with Crippen LogP contribution in [0.5, 0.6) is 23.0 Å². The van der Waals surface area contributed by atoms with Gasteiger partial charge < -0.3 is 23.8 Å². The van der Waals surface area contributed by atoms with Crippen molar-refractivity contribution >= 4 is 5.91 Å². The molecule has 1 amide bonds. The van der Waals surface area contributed by atoms with Gasteiger partial charge >= 0.3 is 0 Å². The van der Waals surface area contributed by atoms with Crippen LogP contribution in [0.4, 0.5) is 0 Å². The standard InChI is InChI=1S/C22H18N2O5/c25-22(17-4-6-19-21(9-17)29-14-27-19)24(12-16-2-1-7-23-10-16)11-15-3-5-18-20(8-15)28-13-26-18/h1-10H,11-14H2. The average molecular weight is 390 g/mol. The highest BCUT2D eigenvalue weighted by molar-refractivity contribution is 5.95. The molecule has 0 aliphatic carbocycles. The summed E-state index contributed by atoms with van der Waals surface area (Å²) in [6.07, 6.45) is 3.48. The van der Waals surface area contributed by atoms with Crippen molar-refractivity contribution in [3.63, 3.8) is 0 Å². The van der Waals surface area contributed by atoms with Crippen LogP contribution in [0.25, 0.3) is 0 Å². The minimum atomic E-state index is -0.107. The third-order valence-corrected chi connectivity index (χ3v) is 4.81. The molecule has 146 valence electrons. The van der Waals surface area contributed by atoms with E-state index in [1.807, 2.05) is 30.3 Å². The Morgan fingerprint density at radius 1 is 0.828 bits per heavy atom. The number of amides is 1. The molecule has 0 fully saturated rings. The molecule has 3 heterocycles. The van der Waals surface area contributed by atoms with E-state index in [4.69, 9.17) is 18.9 Å². The number of nitrogens with zero attached hydrogens (tertiary/aromatic N) is 2. The second kappa shape index (κ2) is 7.35. The first kappa shape index (κ1) is 17.4. The summed E-state index contributed by atoms with van der Waals surface area (Å²) in [5.41, 5.74) is 2.44. The average Bonchev–Trinajstić information content (AvgIpc) is 3.41. The first-order valence-electron chi connectivity index (χ1n) is 9.22. The van der Waals surface area contributed by atoms with Crippen molar-refractivity contribution in [1.82, 2.24) is 9.88 Å². The van der Waals surface area contributed by atoms with Crippen LogP contribution in [-0.2, 0) is 13.1 Å².